The summed E-state index contributed by atoms with van der Waals surface area (Å²) in [6.45, 7) is 1.60. The third kappa shape index (κ3) is 4.06. The second-order valence-corrected chi connectivity index (χ2v) is 6.21. The van der Waals surface area contributed by atoms with Gasteiger partial charge in [0, 0.05) is 19.0 Å². The molecule has 0 unspecified atom stereocenters. The van der Waals surface area contributed by atoms with E-state index in [1.54, 1.807) is 36.4 Å². The monoisotopic (exact) mass is 383 g/mol. The molecular formula is C20H18FN3O4. The first-order valence-corrected chi connectivity index (χ1v) is 8.56. The Morgan fingerprint density at radius 2 is 1.79 bits per heavy atom. The fourth-order valence-electron chi connectivity index (χ4n) is 2.66. The van der Waals surface area contributed by atoms with Crippen LogP contribution in [-0.4, -0.2) is 27.8 Å². The lowest BCUT2D eigenvalue weighted by Crippen LogP contribution is -2.36. The number of aromatic nitrogens is 2. The quantitative estimate of drug-likeness (QED) is 0.680. The Kier molecular flexibility index (Phi) is 5.49. The van der Waals surface area contributed by atoms with Crippen LogP contribution in [0, 0.1) is 5.82 Å². The molecule has 1 N–H and O–H groups in total. The lowest BCUT2D eigenvalue weighted by atomic mass is 10.1. The van der Waals surface area contributed by atoms with Gasteiger partial charge in [0.25, 0.3) is 11.5 Å². The van der Waals surface area contributed by atoms with E-state index in [0.29, 0.717) is 16.3 Å². The number of fused-ring (bicyclic) bond motifs is 1. The van der Waals surface area contributed by atoms with E-state index in [0.717, 1.165) is 4.68 Å². The van der Waals surface area contributed by atoms with Crippen molar-refractivity contribution in [2.45, 2.75) is 19.6 Å². The van der Waals surface area contributed by atoms with Gasteiger partial charge in [-0.15, -0.1) is 0 Å². The molecule has 2 aromatic carbocycles. The molecule has 0 radical (unpaired) electrons. The van der Waals surface area contributed by atoms with Crippen molar-refractivity contribution in [3.63, 3.8) is 0 Å². The SMILES string of the molecule is C[C@H](OC(=O)c1nn(C)c(=O)c2ccccc12)C(=O)NCc1ccc(F)cc1. The summed E-state index contributed by atoms with van der Waals surface area (Å²) < 4.78 is 19.2. The van der Waals surface area contributed by atoms with Gasteiger partial charge in [-0.3, -0.25) is 9.59 Å². The van der Waals surface area contributed by atoms with Gasteiger partial charge in [-0.25, -0.2) is 13.9 Å². The molecule has 8 heteroatoms. The first-order valence-electron chi connectivity index (χ1n) is 8.56. The summed E-state index contributed by atoms with van der Waals surface area (Å²) in [6, 6.07) is 12.2. The lowest BCUT2D eigenvalue weighted by Gasteiger charge is -2.14. The molecule has 1 aromatic heterocycles. The Bertz CT molecular complexity index is 1090. The normalized spacial score (nSPS) is 11.8. The molecule has 3 aromatic rings. The van der Waals surface area contributed by atoms with Crippen LogP contribution >= 0.6 is 0 Å². The van der Waals surface area contributed by atoms with Crippen molar-refractivity contribution in [2.75, 3.05) is 0 Å². The van der Waals surface area contributed by atoms with Crippen molar-refractivity contribution >= 4 is 22.6 Å². The molecule has 0 saturated carbocycles. The zero-order valence-electron chi connectivity index (χ0n) is 15.3. The minimum Gasteiger partial charge on any atom is -0.448 e. The number of nitrogens with one attached hydrogen (secondary N) is 1. The Balaban J connectivity index is 1.71. The number of rotatable bonds is 5. The summed E-state index contributed by atoms with van der Waals surface area (Å²) >= 11 is 0. The second kappa shape index (κ2) is 7.99. The van der Waals surface area contributed by atoms with Gasteiger partial charge in [0.2, 0.25) is 0 Å². The van der Waals surface area contributed by atoms with Gasteiger partial charge in [-0.05, 0) is 30.7 Å². The largest absolute Gasteiger partial charge is 0.448 e. The van der Waals surface area contributed by atoms with E-state index in [2.05, 4.69) is 10.4 Å². The number of hydrogen-bond acceptors (Lipinski definition) is 5. The maximum Gasteiger partial charge on any atom is 0.360 e. The maximum atomic E-state index is 12.9. The molecule has 7 nitrogen and oxygen atoms in total. The number of nitrogens with zero attached hydrogens (tertiary/aromatic N) is 2. The molecule has 0 fully saturated rings. The van der Waals surface area contributed by atoms with Gasteiger partial charge in [0.1, 0.15) is 5.82 Å². The minimum atomic E-state index is -1.08. The number of carbonyl (C=O) groups excluding carboxylic acids is 2. The molecule has 1 atom stereocenters. The van der Waals surface area contributed by atoms with E-state index >= 15 is 0 Å². The van der Waals surface area contributed by atoms with E-state index in [1.807, 2.05) is 0 Å². The first kappa shape index (κ1) is 19.2. The highest BCUT2D eigenvalue weighted by Gasteiger charge is 2.22. The van der Waals surface area contributed by atoms with Gasteiger partial charge >= 0.3 is 5.97 Å². The summed E-state index contributed by atoms with van der Waals surface area (Å²) in [7, 11) is 1.43. The van der Waals surface area contributed by atoms with Gasteiger partial charge < -0.3 is 10.1 Å². The number of amides is 1. The zero-order chi connectivity index (χ0) is 20.3. The topological polar surface area (TPSA) is 90.3 Å². The van der Waals surface area contributed by atoms with Crippen molar-refractivity contribution in [3.8, 4) is 0 Å². The highest BCUT2D eigenvalue weighted by atomic mass is 19.1. The van der Waals surface area contributed by atoms with Crippen molar-refractivity contribution in [1.29, 1.82) is 0 Å². The fraction of sp³-hybridized carbons (Fsp3) is 0.200. The summed E-state index contributed by atoms with van der Waals surface area (Å²) in [6.07, 6.45) is -1.08. The van der Waals surface area contributed by atoms with E-state index in [1.165, 1.54) is 26.1 Å². The minimum absolute atomic E-state index is 0.0455. The highest BCUT2D eigenvalue weighted by Crippen LogP contribution is 2.14. The van der Waals surface area contributed by atoms with Gasteiger partial charge in [0.05, 0.1) is 5.39 Å². The third-order valence-electron chi connectivity index (χ3n) is 4.18. The Morgan fingerprint density at radius 1 is 1.14 bits per heavy atom. The molecule has 0 aliphatic heterocycles. The lowest BCUT2D eigenvalue weighted by molar-refractivity contribution is -0.129. The molecule has 1 heterocycles. The first-order chi connectivity index (χ1) is 13.4. The number of esters is 1. The molecular weight excluding hydrogens is 365 g/mol. The average Bonchev–Trinajstić information content (AvgIpc) is 2.69. The number of ether oxygens (including phenoxy) is 1. The average molecular weight is 383 g/mol. The molecule has 144 valence electrons. The van der Waals surface area contributed by atoms with Crippen LogP contribution in [0.1, 0.15) is 23.0 Å². The van der Waals surface area contributed by atoms with Crippen LogP contribution in [0.2, 0.25) is 0 Å². The summed E-state index contributed by atoms with van der Waals surface area (Å²) in [5, 5.41) is 7.29. The van der Waals surface area contributed by atoms with Crippen LogP contribution in [0.25, 0.3) is 10.8 Å². The molecule has 0 spiro atoms. The Labute approximate surface area is 159 Å². The van der Waals surface area contributed by atoms with Crippen LogP contribution in [-0.2, 0) is 23.1 Å². The highest BCUT2D eigenvalue weighted by molar-refractivity contribution is 6.02. The van der Waals surface area contributed by atoms with Crippen molar-refractivity contribution in [1.82, 2.24) is 15.1 Å². The van der Waals surface area contributed by atoms with Crippen molar-refractivity contribution < 1.29 is 18.7 Å². The summed E-state index contributed by atoms with van der Waals surface area (Å²) in [4.78, 5) is 36.9. The van der Waals surface area contributed by atoms with Crippen LogP contribution < -0.4 is 10.9 Å². The van der Waals surface area contributed by atoms with E-state index in [4.69, 9.17) is 4.74 Å². The van der Waals surface area contributed by atoms with Gasteiger partial charge in [-0.2, -0.15) is 5.10 Å². The molecule has 0 bridgehead atoms. The third-order valence-corrected chi connectivity index (χ3v) is 4.18. The Morgan fingerprint density at radius 3 is 2.46 bits per heavy atom. The number of benzene rings is 2. The van der Waals surface area contributed by atoms with Gasteiger partial charge in [0.15, 0.2) is 11.8 Å². The van der Waals surface area contributed by atoms with Crippen LogP contribution in [0.5, 0.6) is 0 Å². The van der Waals surface area contributed by atoms with Crippen LogP contribution in [0.3, 0.4) is 0 Å². The van der Waals surface area contributed by atoms with E-state index in [-0.39, 0.29) is 23.6 Å². The summed E-state index contributed by atoms with van der Waals surface area (Å²) in [5.41, 5.74) is 0.326. The standard InChI is InChI=1S/C20H18FN3O4/c1-12(18(25)22-11-13-7-9-14(21)10-8-13)28-20(27)17-15-5-3-4-6-16(15)19(26)24(2)23-17/h3-10,12H,11H2,1-2H3,(H,22,25)/t12-/m0/s1. The van der Waals surface area contributed by atoms with Crippen molar-refractivity contribution in [2.24, 2.45) is 7.05 Å². The second-order valence-electron chi connectivity index (χ2n) is 6.21. The van der Waals surface area contributed by atoms with E-state index < -0.39 is 18.0 Å². The fourth-order valence-corrected chi connectivity index (χ4v) is 2.66. The predicted molar refractivity (Wildman–Crippen MR) is 100 cm³/mol. The van der Waals surface area contributed by atoms with Crippen LogP contribution in [0.4, 0.5) is 4.39 Å². The number of aryl methyl sites for hydroxylation is 1. The summed E-state index contributed by atoms with van der Waals surface area (Å²) in [5.74, 6) is -1.68. The van der Waals surface area contributed by atoms with Crippen molar-refractivity contribution in [3.05, 3.63) is 76.0 Å². The number of hydrogen-bond donors (Lipinski definition) is 1. The van der Waals surface area contributed by atoms with E-state index in [9.17, 15) is 18.8 Å². The van der Waals surface area contributed by atoms with Crippen LogP contribution in [0.15, 0.2) is 53.3 Å². The molecule has 0 aliphatic carbocycles. The molecule has 1 amide bonds. The molecule has 0 saturated heterocycles. The predicted octanol–water partition coefficient (Wildman–Crippen LogP) is 1.93. The number of carbonyl (C=O) groups is 2. The Hall–Kier alpha value is -3.55. The molecule has 28 heavy (non-hydrogen) atoms. The molecule has 3 rings (SSSR count). The molecule has 0 aliphatic rings. The zero-order valence-corrected chi connectivity index (χ0v) is 15.3. The number of halogens is 1. The van der Waals surface area contributed by atoms with Gasteiger partial charge in [-0.1, -0.05) is 30.3 Å². The smallest absolute Gasteiger partial charge is 0.360 e. The maximum absolute atomic E-state index is 12.9.